The van der Waals surface area contributed by atoms with Gasteiger partial charge in [-0.05, 0) is 31.0 Å². The zero-order chi connectivity index (χ0) is 15.8. The van der Waals surface area contributed by atoms with Crippen molar-refractivity contribution < 1.29 is 14.3 Å². The third-order valence-corrected chi connectivity index (χ3v) is 3.42. The van der Waals surface area contributed by atoms with Crippen molar-refractivity contribution in [2.24, 2.45) is 5.92 Å². The number of carbonyl (C=O) groups is 1. The molecule has 4 heteroatoms. The van der Waals surface area contributed by atoms with Crippen LogP contribution in [0.5, 0.6) is 11.5 Å². The van der Waals surface area contributed by atoms with E-state index in [2.05, 4.69) is 5.32 Å². The average Bonchev–Trinajstić information content (AvgIpc) is 2.67. The van der Waals surface area contributed by atoms with Crippen molar-refractivity contribution in [3.05, 3.63) is 29.3 Å². The molecule has 1 aromatic rings. The number of Topliss-reactive ketones (excluding diaryl/α,β-unsaturated/α-hetero) is 1. The fraction of sp³-hybridized carbons (Fsp3) is 0.471. The summed E-state index contributed by atoms with van der Waals surface area (Å²) < 4.78 is 11.5. The molecule has 21 heavy (non-hydrogen) atoms. The topological polar surface area (TPSA) is 47.6 Å². The van der Waals surface area contributed by atoms with Crippen LogP contribution in [0.3, 0.4) is 0 Å². The summed E-state index contributed by atoms with van der Waals surface area (Å²) in [5.41, 5.74) is 2.56. The molecule has 114 valence electrons. The second-order valence-corrected chi connectivity index (χ2v) is 6.02. The van der Waals surface area contributed by atoms with Gasteiger partial charge in [-0.25, -0.2) is 0 Å². The van der Waals surface area contributed by atoms with Gasteiger partial charge in [0.1, 0.15) is 0 Å². The number of allylic oxidation sites excluding steroid dienone is 1. The largest absolute Gasteiger partial charge is 0.449 e. The van der Waals surface area contributed by atoms with Gasteiger partial charge in [0.2, 0.25) is 5.79 Å². The molecule has 0 spiro atoms. The van der Waals surface area contributed by atoms with Gasteiger partial charge < -0.3 is 14.8 Å². The Balaban J connectivity index is 2.51. The summed E-state index contributed by atoms with van der Waals surface area (Å²) >= 11 is 0. The number of ether oxygens (including phenoxy) is 2. The van der Waals surface area contributed by atoms with E-state index in [1.807, 2.05) is 52.9 Å². The highest BCUT2D eigenvalue weighted by Crippen LogP contribution is 2.40. The van der Waals surface area contributed by atoms with Crippen LogP contribution < -0.4 is 14.8 Å². The lowest BCUT2D eigenvalue weighted by Crippen LogP contribution is -2.29. The minimum absolute atomic E-state index is 0.0762. The summed E-state index contributed by atoms with van der Waals surface area (Å²) in [4.78, 5) is 11.9. The molecule has 1 N–H and O–H groups in total. The molecule has 0 bridgehead atoms. The fourth-order valence-corrected chi connectivity index (χ4v) is 2.68. The van der Waals surface area contributed by atoms with Crippen molar-refractivity contribution in [1.29, 1.82) is 0 Å². The van der Waals surface area contributed by atoms with Gasteiger partial charge in [0.25, 0.3) is 0 Å². The van der Waals surface area contributed by atoms with Crippen LogP contribution in [0.2, 0.25) is 0 Å². The number of benzene rings is 1. The molecule has 0 aliphatic carbocycles. The van der Waals surface area contributed by atoms with Crippen LogP contribution in [0.4, 0.5) is 0 Å². The van der Waals surface area contributed by atoms with Crippen LogP contribution in [0.25, 0.3) is 5.70 Å². The van der Waals surface area contributed by atoms with E-state index in [-0.39, 0.29) is 11.7 Å². The highest BCUT2D eigenvalue weighted by Gasteiger charge is 2.32. The van der Waals surface area contributed by atoms with Crippen molar-refractivity contribution in [3.8, 4) is 11.5 Å². The Kier molecular flexibility index (Phi) is 3.99. The van der Waals surface area contributed by atoms with Crippen molar-refractivity contribution >= 4 is 11.5 Å². The first-order chi connectivity index (χ1) is 9.75. The third-order valence-electron chi connectivity index (χ3n) is 3.42. The number of carbonyl (C=O) groups excluding carboxylic acids is 1. The van der Waals surface area contributed by atoms with Crippen molar-refractivity contribution in [2.75, 3.05) is 7.05 Å². The summed E-state index contributed by atoms with van der Waals surface area (Å²) in [6, 6.07) is 5.75. The van der Waals surface area contributed by atoms with Crippen LogP contribution in [0.15, 0.2) is 23.8 Å². The highest BCUT2D eigenvalue weighted by atomic mass is 16.7. The lowest BCUT2D eigenvalue weighted by atomic mass is 9.94. The molecule has 2 rings (SSSR count). The molecule has 0 atom stereocenters. The number of rotatable bonds is 4. The molecule has 4 nitrogen and oxygen atoms in total. The first kappa shape index (κ1) is 15.4. The second kappa shape index (κ2) is 5.43. The molecule has 0 amide bonds. The van der Waals surface area contributed by atoms with E-state index < -0.39 is 5.79 Å². The lowest BCUT2D eigenvalue weighted by Gasteiger charge is -2.17. The molecule has 0 saturated heterocycles. The highest BCUT2D eigenvalue weighted by molar-refractivity contribution is 6.01. The summed E-state index contributed by atoms with van der Waals surface area (Å²) in [5, 5.41) is 3.16. The maximum atomic E-state index is 11.9. The normalized spacial score (nSPS) is 16.7. The van der Waals surface area contributed by atoms with Gasteiger partial charge in [0, 0.05) is 37.7 Å². The molecule has 1 aromatic carbocycles. The molecule has 0 fully saturated rings. The first-order valence-electron chi connectivity index (χ1n) is 7.20. The molecule has 0 aromatic heterocycles. The van der Waals surface area contributed by atoms with Crippen LogP contribution in [0.1, 0.15) is 40.2 Å². The lowest BCUT2D eigenvalue weighted by molar-refractivity contribution is -0.114. The van der Waals surface area contributed by atoms with Crippen LogP contribution in [-0.2, 0) is 4.79 Å². The summed E-state index contributed by atoms with van der Waals surface area (Å²) in [5.74, 6) is 1.01. The molecule has 0 radical (unpaired) electrons. The summed E-state index contributed by atoms with van der Waals surface area (Å²) in [6.07, 6.45) is 0. The van der Waals surface area contributed by atoms with Crippen LogP contribution >= 0.6 is 0 Å². The minimum Gasteiger partial charge on any atom is -0.449 e. The van der Waals surface area contributed by atoms with Gasteiger partial charge >= 0.3 is 0 Å². The molecular formula is C17H23NO3. The molecular weight excluding hydrogens is 266 g/mol. The Bertz CT molecular complexity index is 600. The summed E-state index contributed by atoms with van der Waals surface area (Å²) in [6.45, 7) is 9.38. The van der Waals surface area contributed by atoms with Crippen molar-refractivity contribution in [2.45, 2.75) is 40.4 Å². The van der Waals surface area contributed by atoms with Gasteiger partial charge in [0.15, 0.2) is 17.3 Å². The Labute approximate surface area is 126 Å². The molecule has 1 aliphatic rings. The quantitative estimate of drug-likeness (QED) is 0.863. The second-order valence-electron chi connectivity index (χ2n) is 6.02. The Morgan fingerprint density at radius 2 is 1.81 bits per heavy atom. The molecule has 0 unspecified atom stereocenters. The van der Waals surface area contributed by atoms with Gasteiger partial charge in [0.05, 0.1) is 0 Å². The fourth-order valence-electron chi connectivity index (χ4n) is 2.68. The monoisotopic (exact) mass is 289 g/mol. The van der Waals surface area contributed by atoms with E-state index >= 15 is 0 Å². The maximum Gasteiger partial charge on any atom is 0.246 e. The minimum atomic E-state index is -0.647. The Morgan fingerprint density at radius 3 is 2.33 bits per heavy atom. The van der Waals surface area contributed by atoms with Crippen molar-refractivity contribution in [1.82, 2.24) is 5.32 Å². The van der Waals surface area contributed by atoms with E-state index in [9.17, 15) is 4.79 Å². The Hall–Kier alpha value is -1.97. The van der Waals surface area contributed by atoms with Gasteiger partial charge in [-0.2, -0.15) is 0 Å². The standard InChI is InChI=1S/C17H23NO3/c1-10(2)15(11(3)19)16(18-6)12-7-8-13-14(9-12)21-17(4,5)20-13/h7-10,18H,1-6H3/b16-15-. The molecule has 1 heterocycles. The summed E-state index contributed by atoms with van der Waals surface area (Å²) in [7, 11) is 1.83. The van der Waals surface area contributed by atoms with E-state index in [1.54, 1.807) is 6.92 Å². The van der Waals surface area contributed by atoms with Crippen molar-refractivity contribution in [3.63, 3.8) is 0 Å². The van der Waals surface area contributed by atoms with E-state index in [0.717, 1.165) is 22.6 Å². The predicted molar refractivity (Wildman–Crippen MR) is 83.3 cm³/mol. The van der Waals surface area contributed by atoms with Gasteiger partial charge in [-0.3, -0.25) is 4.79 Å². The zero-order valence-corrected chi connectivity index (χ0v) is 13.5. The smallest absolute Gasteiger partial charge is 0.246 e. The SMILES string of the molecule is CN/C(=C(\C(C)=O)C(C)C)c1ccc2c(c1)OC(C)(C)O2. The molecule has 0 saturated carbocycles. The number of ketones is 1. The Morgan fingerprint density at radius 1 is 1.19 bits per heavy atom. The van der Waals surface area contributed by atoms with E-state index in [4.69, 9.17) is 9.47 Å². The number of fused-ring (bicyclic) bond motifs is 1. The maximum absolute atomic E-state index is 11.9. The third kappa shape index (κ3) is 3.04. The van der Waals surface area contributed by atoms with Crippen LogP contribution in [-0.4, -0.2) is 18.6 Å². The van der Waals surface area contributed by atoms with E-state index in [1.165, 1.54) is 0 Å². The first-order valence-corrected chi connectivity index (χ1v) is 7.20. The number of hydrogen-bond donors (Lipinski definition) is 1. The van der Waals surface area contributed by atoms with Gasteiger partial charge in [-0.15, -0.1) is 0 Å². The predicted octanol–water partition coefficient (Wildman–Crippen LogP) is 3.37. The average molecular weight is 289 g/mol. The number of nitrogens with one attached hydrogen (secondary N) is 1. The van der Waals surface area contributed by atoms with E-state index in [0.29, 0.717) is 5.75 Å². The van der Waals surface area contributed by atoms with Gasteiger partial charge in [-0.1, -0.05) is 13.8 Å². The number of hydrogen-bond acceptors (Lipinski definition) is 4. The molecule has 1 aliphatic heterocycles. The van der Waals surface area contributed by atoms with Crippen LogP contribution in [0, 0.1) is 5.92 Å². The zero-order valence-electron chi connectivity index (χ0n) is 13.5.